The van der Waals surface area contributed by atoms with Gasteiger partial charge in [-0.1, -0.05) is 48.5 Å². The number of hydrogen-bond acceptors (Lipinski definition) is 4. The summed E-state index contributed by atoms with van der Waals surface area (Å²) in [4.78, 5) is 26.5. The van der Waals surface area contributed by atoms with Crippen molar-refractivity contribution in [1.29, 1.82) is 0 Å². The number of hydrogen-bond donors (Lipinski definition) is 2. The summed E-state index contributed by atoms with van der Waals surface area (Å²) in [6.07, 6.45) is 0. The van der Waals surface area contributed by atoms with Crippen LogP contribution in [0.1, 0.15) is 43.0 Å². The van der Waals surface area contributed by atoms with Crippen LogP contribution in [0.5, 0.6) is 11.5 Å². The SMILES string of the molecule is Cc1cc2c(cc1C)COc1ccccc1C(=O)Nc1ccccc1NC(=O)c1ccccc1OC2. The lowest BCUT2D eigenvalue weighted by Gasteiger charge is -2.19. The number of benzene rings is 4. The van der Waals surface area contributed by atoms with E-state index in [1.807, 2.05) is 26.0 Å². The third-order valence-electron chi connectivity index (χ3n) is 6.27. The molecule has 6 heteroatoms. The predicted octanol–water partition coefficient (Wildman–Crippen LogP) is 6.28. The number of rotatable bonds is 0. The van der Waals surface area contributed by atoms with Crippen molar-refractivity contribution in [3.8, 4) is 11.5 Å². The molecule has 1 aliphatic heterocycles. The Labute approximate surface area is 209 Å². The van der Waals surface area contributed by atoms with Crippen LogP contribution in [0.25, 0.3) is 0 Å². The van der Waals surface area contributed by atoms with Gasteiger partial charge in [-0.2, -0.15) is 0 Å². The fourth-order valence-corrected chi connectivity index (χ4v) is 4.16. The number of nitrogens with one attached hydrogen (secondary N) is 2. The lowest BCUT2D eigenvalue weighted by Crippen LogP contribution is -2.18. The number of para-hydroxylation sites is 4. The topological polar surface area (TPSA) is 76.7 Å². The maximum absolute atomic E-state index is 13.3. The molecule has 4 aromatic rings. The molecule has 2 amide bonds. The van der Waals surface area contributed by atoms with Gasteiger partial charge in [0, 0.05) is 0 Å². The fourth-order valence-electron chi connectivity index (χ4n) is 4.16. The van der Waals surface area contributed by atoms with E-state index < -0.39 is 0 Å². The Morgan fingerprint density at radius 2 is 0.972 bits per heavy atom. The molecule has 0 atom stereocenters. The summed E-state index contributed by atoms with van der Waals surface area (Å²) in [5.41, 5.74) is 5.93. The number of aryl methyl sites for hydroxylation is 2. The van der Waals surface area contributed by atoms with E-state index in [1.165, 1.54) is 0 Å². The quantitative estimate of drug-likeness (QED) is 0.312. The zero-order valence-corrected chi connectivity index (χ0v) is 20.1. The first-order chi connectivity index (χ1) is 17.5. The highest BCUT2D eigenvalue weighted by molar-refractivity contribution is 6.11. The molecule has 5 rings (SSSR count). The highest BCUT2D eigenvalue weighted by Gasteiger charge is 2.19. The van der Waals surface area contributed by atoms with Crippen LogP contribution >= 0.6 is 0 Å². The molecular formula is C30H26N2O4. The van der Waals surface area contributed by atoms with Crippen molar-refractivity contribution in [2.75, 3.05) is 10.6 Å². The molecule has 0 saturated carbocycles. The van der Waals surface area contributed by atoms with Crippen LogP contribution in [0.4, 0.5) is 11.4 Å². The second-order valence-corrected chi connectivity index (χ2v) is 8.73. The first-order valence-electron chi connectivity index (χ1n) is 11.7. The largest absolute Gasteiger partial charge is 0.488 e. The van der Waals surface area contributed by atoms with E-state index in [0.29, 0.717) is 34.0 Å². The van der Waals surface area contributed by atoms with Crippen molar-refractivity contribution in [2.24, 2.45) is 0 Å². The first kappa shape index (κ1) is 23.2. The minimum Gasteiger partial charge on any atom is -0.488 e. The fraction of sp³-hybridized carbons (Fsp3) is 0.133. The van der Waals surface area contributed by atoms with Crippen molar-refractivity contribution in [1.82, 2.24) is 0 Å². The Balaban J connectivity index is 1.60. The number of anilines is 2. The summed E-state index contributed by atoms with van der Waals surface area (Å²) >= 11 is 0. The van der Waals surface area contributed by atoms with Gasteiger partial charge >= 0.3 is 0 Å². The van der Waals surface area contributed by atoms with Crippen molar-refractivity contribution >= 4 is 23.2 Å². The van der Waals surface area contributed by atoms with Crippen LogP contribution in [0.15, 0.2) is 84.9 Å². The number of ether oxygens (including phenoxy) is 2. The third-order valence-corrected chi connectivity index (χ3v) is 6.27. The van der Waals surface area contributed by atoms with Crippen LogP contribution in [-0.4, -0.2) is 11.8 Å². The minimum atomic E-state index is -0.330. The van der Waals surface area contributed by atoms with Gasteiger partial charge in [-0.3, -0.25) is 9.59 Å². The van der Waals surface area contributed by atoms with Gasteiger partial charge in [-0.25, -0.2) is 0 Å². The van der Waals surface area contributed by atoms with E-state index in [0.717, 1.165) is 22.3 Å². The Morgan fingerprint density at radius 1 is 0.583 bits per heavy atom. The molecule has 0 radical (unpaired) electrons. The average molecular weight is 479 g/mol. The maximum Gasteiger partial charge on any atom is 0.259 e. The Hall–Kier alpha value is -4.58. The van der Waals surface area contributed by atoms with E-state index in [-0.39, 0.29) is 25.0 Å². The van der Waals surface area contributed by atoms with Gasteiger partial charge < -0.3 is 20.1 Å². The van der Waals surface area contributed by atoms with Gasteiger partial charge in [0.1, 0.15) is 24.7 Å². The average Bonchev–Trinajstić information content (AvgIpc) is 2.89. The summed E-state index contributed by atoms with van der Waals surface area (Å²) in [5, 5.41) is 5.83. The molecule has 4 aromatic carbocycles. The lowest BCUT2D eigenvalue weighted by atomic mass is 10.0. The van der Waals surface area contributed by atoms with Crippen LogP contribution < -0.4 is 20.1 Å². The summed E-state index contributed by atoms with van der Waals surface area (Å²) in [5.74, 6) is 0.282. The van der Waals surface area contributed by atoms with Crippen molar-refractivity contribution < 1.29 is 19.1 Å². The van der Waals surface area contributed by atoms with Crippen molar-refractivity contribution in [3.63, 3.8) is 0 Å². The molecule has 0 spiro atoms. The van der Waals surface area contributed by atoms with E-state index in [2.05, 4.69) is 22.8 Å². The zero-order valence-electron chi connectivity index (χ0n) is 20.1. The van der Waals surface area contributed by atoms with Gasteiger partial charge in [0.15, 0.2) is 0 Å². The number of carbonyl (C=O) groups is 2. The molecule has 1 aliphatic rings. The Kier molecular flexibility index (Phi) is 6.41. The summed E-state index contributed by atoms with van der Waals surface area (Å²) in [6.45, 7) is 4.63. The number of fused-ring (bicyclic) bond motifs is 4. The molecule has 6 nitrogen and oxygen atoms in total. The molecule has 36 heavy (non-hydrogen) atoms. The maximum atomic E-state index is 13.3. The second kappa shape index (κ2) is 9.96. The zero-order chi connectivity index (χ0) is 25.1. The Bertz CT molecular complexity index is 1350. The standard InChI is InChI=1S/C30H26N2O4/c1-19-15-21-17-35-27-13-7-3-9-23(27)29(33)31-25-11-5-6-12-26(25)32-30(34)24-10-4-8-14-28(24)36-18-22(21)16-20(19)2/h3-16H,17-18H2,1-2H3,(H,31,33)(H,32,34). The highest BCUT2D eigenvalue weighted by atomic mass is 16.5. The van der Waals surface area contributed by atoms with E-state index in [9.17, 15) is 9.59 Å². The molecule has 2 N–H and O–H groups in total. The number of carbonyl (C=O) groups excluding carboxylic acids is 2. The number of amides is 2. The van der Waals surface area contributed by atoms with Crippen LogP contribution in [0.3, 0.4) is 0 Å². The molecule has 0 aromatic heterocycles. The Morgan fingerprint density at radius 3 is 1.42 bits per heavy atom. The summed E-state index contributed by atoms with van der Waals surface area (Å²) in [6, 6.07) is 25.5. The molecule has 0 bridgehead atoms. The summed E-state index contributed by atoms with van der Waals surface area (Å²) < 4.78 is 12.3. The van der Waals surface area contributed by atoms with Gasteiger partial charge in [-0.05, 0) is 72.5 Å². The molecular weight excluding hydrogens is 452 g/mol. The monoisotopic (exact) mass is 478 g/mol. The minimum absolute atomic E-state index is 0.267. The van der Waals surface area contributed by atoms with E-state index in [1.54, 1.807) is 60.7 Å². The molecule has 0 fully saturated rings. The molecule has 0 aliphatic carbocycles. The van der Waals surface area contributed by atoms with Crippen LogP contribution in [0, 0.1) is 13.8 Å². The van der Waals surface area contributed by atoms with E-state index in [4.69, 9.17) is 9.47 Å². The van der Waals surface area contributed by atoms with Gasteiger partial charge in [0.2, 0.25) is 0 Å². The summed E-state index contributed by atoms with van der Waals surface area (Å²) in [7, 11) is 0. The second-order valence-electron chi connectivity index (χ2n) is 8.73. The van der Waals surface area contributed by atoms with Gasteiger partial charge in [-0.15, -0.1) is 0 Å². The smallest absolute Gasteiger partial charge is 0.259 e. The third kappa shape index (κ3) is 4.79. The van der Waals surface area contributed by atoms with Crippen LogP contribution in [-0.2, 0) is 13.2 Å². The van der Waals surface area contributed by atoms with Gasteiger partial charge in [0.25, 0.3) is 11.8 Å². The predicted molar refractivity (Wildman–Crippen MR) is 140 cm³/mol. The first-order valence-corrected chi connectivity index (χ1v) is 11.7. The van der Waals surface area contributed by atoms with E-state index >= 15 is 0 Å². The highest BCUT2D eigenvalue weighted by Crippen LogP contribution is 2.29. The van der Waals surface area contributed by atoms with Gasteiger partial charge in [0.05, 0.1) is 22.5 Å². The molecule has 0 saturated heterocycles. The lowest BCUT2D eigenvalue weighted by molar-refractivity contribution is 0.101. The van der Waals surface area contributed by atoms with Crippen LogP contribution in [0.2, 0.25) is 0 Å². The molecule has 1 heterocycles. The van der Waals surface area contributed by atoms with Crippen molar-refractivity contribution in [2.45, 2.75) is 27.1 Å². The molecule has 0 unspecified atom stereocenters. The van der Waals surface area contributed by atoms with Crippen molar-refractivity contribution in [3.05, 3.63) is 118 Å². The normalized spacial score (nSPS) is 13.5. The molecule has 180 valence electrons.